The lowest BCUT2D eigenvalue weighted by Gasteiger charge is -2.30. The molecular formula is C17H20N2OS. The van der Waals surface area contributed by atoms with Crippen LogP contribution in [0.2, 0.25) is 0 Å². The van der Waals surface area contributed by atoms with E-state index in [4.69, 9.17) is 5.73 Å². The third-order valence-corrected chi connectivity index (χ3v) is 4.43. The van der Waals surface area contributed by atoms with Crippen LogP contribution in [0.25, 0.3) is 0 Å². The molecule has 0 aliphatic rings. The Morgan fingerprint density at radius 1 is 1.14 bits per heavy atom. The molecule has 21 heavy (non-hydrogen) atoms. The van der Waals surface area contributed by atoms with Crippen molar-refractivity contribution < 1.29 is 4.79 Å². The van der Waals surface area contributed by atoms with Gasteiger partial charge in [0, 0.05) is 10.6 Å². The molecule has 0 aliphatic heterocycles. The summed E-state index contributed by atoms with van der Waals surface area (Å²) in [6.07, 6.45) is 2.02. The molecule has 1 atom stereocenters. The molecule has 0 aromatic heterocycles. The third kappa shape index (κ3) is 3.22. The average Bonchev–Trinajstić information content (AvgIpc) is 2.49. The van der Waals surface area contributed by atoms with Crippen LogP contribution in [0.15, 0.2) is 53.4 Å². The SMILES string of the molecule is CSc1ccc(C(C)(Nc2ccccc2C)C(N)=O)cc1. The highest BCUT2D eigenvalue weighted by Gasteiger charge is 2.33. The fraction of sp³-hybridized carbons (Fsp3) is 0.235. The van der Waals surface area contributed by atoms with Gasteiger partial charge in [-0.3, -0.25) is 4.79 Å². The Morgan fingerprint density at radius 3 is 2.29 bits per heavy atom. The van der Waals surface area contributed by atoms with E-state index in [0.717, 1.165) is 21.7 Å². The largest absolute Gasteiger partial charge is 0.368 e. The van der Waals surface area contributed by atoms with Crippen molar-refractivity contribution in [2.45, 2.75) is 24.3 Å². The standard InChI is InChI=1S/C17H20N2OS/c1-12-6-4-5-7-15(12)19-17(2,16(18)20)13-8-10-14(21-3)11-9-13/h4-11,19H,1-3H3,(H2,18,20). The van der Waals surface area contributed by atoms with Gasteiger partial charge in [-0.2, -0.15) is 0 Å². The molecule has 0 heterocycles. The van der Waals surface area contributed by atoms with Crippen LogP contribution in [0.4, 0.5) is 5.69 Å². The molecule has 0 saturated heterocycles. The van der Waals surface area contributed by atoms with E-state index in [1.807, 2.05) is 68.6 Å². The molecule has 1 unspecified atom stereocenters. The Bertz CT molecular complexity index is 639. The molecule has 4 heteroatoms. The first-order valence-corrected chi connectivity index (χ1v) is 7.98. The van der Waals surface area contributed by atoms with Gasteiger partial charge in [0.2, 0.25) is 5.91 Å². The lowest BCUT2D eigenvalue weighted by molar-refractivity contribution is -0.122. The Hall–Kier alpha value is -1.94. The van der Waals surface area contributed by atoms with Gasteiger partial charge in [0.05, 0.1) is 0 Å². The molecule has 110 valence electrons. The number of benzene rings is 2. The molecular weight excluding hydrogens is 280 g/mol. The van der Waals surface area contributed by atoms with Gasteiger partial charge < -0.3 is 11.1 Å². The number of hydrogen-bond donors (Lipinski definition) is 2. The summed E-state index contributed by atoms with van der Waals surface area (Å²) >= 11 is 1.67. The van der Waals surface area contributed by atoms with E-state index >= 15 is 0 Å². The number of thioether (sulfide) groups is 1. The molecule has 0 bridgehead atoms. The zero-order chi connectivity index (χ0) is 15.5. The fourth-order valence-corrected chi connectivity index (χ4v) is 2.59. The predicted octanol–water partition coefficient (Wildman–Crippen LogP) is 3.53. The molecule has 0 saturated carbocycles. The van der Waals surface area contributed by atoms with Crippen LogP contribution < -0.4 is 11.1 Å². The summed E-state index contributed by atoms with van der Waals surface area (Å²) in [5.74, 6) is -0.400. The van der Waals surface area contributed by atoms with Crippen LogP contribution in [0, 0.1) is 6.92 Å². The van der Waals surface area contributed by atoms with E-state index in [2.05, 4.69) is 5.32 Å². The molecule has 3 N–H and O–H groups in total. The van der Waals surface area contributed by atoms with Crippen LogP contribution in [0.1, 0.15) is 18.1 Å². The van der Waals surface area contributed by atoms with Gasteiger partial charge in [-0.15, -0.1) is 11.8 Å². The lowest BCUT2D eigenvalue weighted by atomic mass is 9.90. The molecule has 0 spiro atoms. The van der Waals surface area contributed by atoms with E-state index in [1.165, 1.54) is 0 Å². The summed E-state index contributed by atoms with van der Waals surface area (Å²) < 4.78 is 0. The van der Waals surface area contributed by atoms with Crippen molar-refractivity contribution in [2.24, 2.45) is 5.73 Å². The summed E-state index contributed by atoms with van der Waals surface area (Å²) in [6, 6.07) is 15.8. The number of carbonyl (C=O) groups excluding carboxylic acids is 1. The van der Waals surface area contributed by atoms with E-state index in [1.54, 1.807) is 11.8 Å². The number of para-hydroxylation sites is 1. The van der Waals surface area contributed by atoms with Crippen LogP contribution in [0.5, 0.6) is 0 Å². The summed E-state index contributed by atoms with van der Waals surface area (Å²) in [4.78, 5) is 13.2. The normalized spacial score (nSPS) is 13.5. The maximum Gasteiger partial charge on any atom is 0.247 e. The number of amides is 1. The minimum atomic E-state index is -0.941. The van der Waals surface area contributed by atoms with Crippen LogP contribution in [-0.4, -0.2) is 12.2 Å². The molecule has 2 rings (SSSR count). The van der Waals surface area contributed by atoms with Crippen molar-refractivity contribution in [2.75, 3.05) is 11.6 Å². The third-order valence-electron chi connectivity index (χ3n) is 3.69. The highest BCUT2D eigenvalue weighted by Crippen LogP contribution is 2.29. The second-order valence-corrected chi connectivity index (χ2v) is 6.04. The summed E-state index contributed by atoms with van der Waals surface area (Å²) in [5, 5.41) is 3.30. The van der Waals surface area contributed by atoms with Gasteiger partial charge in [-0.05, 0) is 49.4 Å². The number of primary amides is 1. The zero-order valence-electron chi connectivity index (χ0n) is 12.5. The van der Waals surface area contributed by atoms with Crippen molar-refractivity contribution in [1.82, 2.24) is 0 Å². The first-order chi connectivity index (χ1) is 9.97. The average molecular weight is 300 g/mol. The summed E-state index contributed by atoms with van der Waals surface area (Å²) in [6.45, 7) is 3.82. The number of rotatable bonds is 5. The van der Waals surface area contributed by atoms with E-state index in [0.29, 0.717) is 0 Å². The van der Waals surface area contributed by atoms with E-state index < -0.39 is 11.4 Å². The molecule has 3 nitrogen and oxygen atoms in total. The van der Waals surface area contributed by atoms with Crippen LogP contribution >= 0.6 is 11.8 Å². The number of hydrogen-bond acceptors (Lipinski definition) is 3. The minimum absolute atomic E-state index is 0.400. The molecule has 2 aromatic carbocycles. The van der Waals surface area contributed by atoms with Crippen molar-refractivity contribution in [3.8, 4) is 0 Å². The lowest BCUT2D eigenvalue weighted by Crippen LogP contribution is -2.45. The maximum atomic E-state index is 12.0. The number of nitrogens with one attached hydrogen (secondary N) is 1. The van der Waals surface area contributed by atoms with Crippen molar-refractivity contribution in [3.63, 3.8) is 0 Å². The van der Waals surface area contributed by atoms with Crippen molar-refractivity contribution >= 4 is 23.4 Å². The Kier molecular flexibility index (Phi) is 4.58. The van der Waals surface area contributed by atoms with Crippen LogP contribution in [0.3, 0.4) is 0 Å². The number of aryl methyl sites for hydroxylation is 1. The predicted molar refractivity (Wildman–Crippen MR) is 89.6 cm³/mol. The zero-order valence-corrected chi connectivity index (χ0v) is 13.3. The smallest absolute Gasteiger partial charge is 0.247 e. The minimum Gasteiger partial charge on any atom is -0.368 e. The van der Waals surface area contributed by atoms with Gasteiger partial charge in [-0.1, -0.05) is 30.3 Å². The highest BCUT2D eigenvalue weighted by atomic mass is 32.2. The van der Waals surface area contributed by atoms with E-state index in [9.17, 15) is 4.79 Å². The Labute approximate surface area is 129 Å². The number of carbonyl (C=O) groups is 1. The topological polar surface area (TPSA) is 55.1 Å². The molecule has 2 aromatic rings. The highest BCUT2D eigenvalue weighted by molar-refractivity contribution is 7.98. The second kappa shape index (κ2) is 6.22. The van der Waals surface area contributed by atoms with Crippen LogP contribution in [-0.2, 0) is 10.3 Å². The monoisotopic (exact) mass is 300 g/mol. The summed E-state index contributed by atoms with van der Waals surface area (Å²) in [7, 11) is 0. The van der Waals surface area contributed by atoms with Crippen molar-refractivity contribution in [1.29, 1.82) is 0 Å². The Morgan fingerprint density at radius 2 is 1.76 bits per heavy atom. The molecule has 0 radical (unpaired) electrons. The first-order valence-electron chi connectivity index (χ1n) is 6.75. The first kappa shape index (κ1) is 15.4. The molecule has 1 amide bonds. The van der Waals surface area contributed by atoms with Gasteiger partial charge in [0.25, 0.3) is 0 Å². The maximum absolute atomic E-state index is 12.0. The van der Waals surface area contributed by atoms with E-state index in [-0.39, 0.29) is 0 Å². The van der Waals surface area contributed by atoms with Gasteiger partial charge in [0.1, 0.15) is 5.54 Å². The van der Waals surface area contributed by atoms with Crippen molar-refractivity contribution in [3.05, 3.63) is 59.7 Å². The summed E-state index contributed by atoms with van der Waals surface area (Å²) in [5.41, 5.74) is 7.57. The quantitative estimate of drug-likeness (QED) is 0.831. The molecule has 0 fully saturated rings. The number of nitrogens with two attached hydrogens (primary N) is 1. The second-order valence-electron chi connectivity index (χ2n) is 5.16. The Balaban J connectivity index is 2.40. The van der Waals surface area contributed by atoms with Gasteiger partial charge in [-0.25, -0.2) is 0 Å². The van der Waals surface area contributed by atoms with Gasteiger partial charge in [0.15, 0.2) is 0 Å². The fourth-order valence-electron chi connectivity index (χ4n) is 2.18. The molecule has 0 aliphatic carbocycles. The number of anilines is 1. The van der Waals surface area contributed by atoms with Gasteiger partial charge >= 0.3 is 0 Å².